The maximum absolute atomic E-state index is 11.6. The molecular weight excluding hydrogens is 226 g/mol. The Balaban J connectivity index is 2.74. The third-order valence-electron chi connectivity index (χ3n) is 2.50. The number of nitrogens with one attached hydrogen (secondary N) is 1. The monoisotopic (exact) mass is 245 g/mol. The van der Waals surface area contributed by atoms with Crippen LogP contribution in [0.1, 0.15) is 24.9 Å². The number of nitrogens with zero attached hydrogens (tertiary/aromatic N) is 2. The Kier molecular flexibility index (Phi) is 5.89. The van der Waals surface area contributed by atoms with Crippen molar-refractivity contribution >= 4 is 5.91 Å². The lowest BCUT2D eigenvalue weighted by Gasteiger charge is -2.19. The van der Waals surface area contributed by atoms with E-state index in [0.717, 1.165) is 18.5 Å². The Morgan fingerprint density at radius 2 is 2.33 bits per heavy atom. The standard InChI is InChI=1S/C14H19N3O/c1-4-6-14(18)16-13(8-10-17(2)3)12-7-5-9-15-11-12/h5,7,9,11,13H,8,10H2,1-3H3,(H,16,18). The van der Waals surface area contributed by atoms with Gasteiger partial charge in [0.2, 0.25) is 0 Å². The zero-order valence-corrected chi connectivity index (χ0v) is 11.1. The Labute approximate surface area is 108 Å². The Bertz CT molecular complexity index is 431. The number of pyridine rings is 1. The predicted molar refractivity (Wildman–Crippen MR) is 71.7 cm³/mol. The zero-order chi connectivity index (χ0) is 13.4. The summed E-state index contributed by atoms with van der Waals surface area (Å²) < 4.78 is 0. The van der Waals surface area contributed by atoms with Crippen LogP contribution in [0.25, 0.3) is 0 Å². The predicted octanol–water partition coefficient (Wildman–Crippen LogP) is 1.21. The van der Waals surface area contributed by atoms with Gasteiger partial charge in [-0.25, -0.2) is 0 Å². The van der Waals surface area contributed by atoms with Crippen LogP contribution in [0.2, 0.25) is 0 Å². The van der Waals surface area contributed by atoms with Crippen molar-refractivity contribution in [2.75, 3.05) is 20.6 Å². The van der Waals surface area contributed by atoms with Crippen LogP contribution >= 0.6 is 0 Å². The fraction of sp³-hybridized carbons (Fsp3) is 0.429. The highest BCUT2D eigenvalue weighted by Gasteiger charge is 2.13. The second kappa shape index (κ2) is 7.46. The molecule has 4 nitrogen and oxygen atoms in total. The van der Waals surface area contributed by atoms with Crippen molar-refractivity contribution in [2.45, 2.75) is 19.4 Å². The summed E-state index contributed by atoms with van der Waals surface area (Å²) in [5, 5.41) is 2.91. The fourth-order valence-electron chi connectivity index (χ4n) is 1.60. The zero-order valence-electron chi connectivity index (χ0n) is 11.1. The average molecular weight is 245 g/mol. The van der Waals surface area contributed by atoms with Crippen LogP contribution in [0, 0.1) is 11.8 Å². The van der Waals surface area contributed by atoms with Gasteiger partial charge in [-0.3, -0.25) is 9.78 Å². The molecule has 0 spiro atoms. The maximum Gasteiger partial charge on any atom is 0.296 e. The molecule has 0 aliphatic heterocycles. The van der Waals surface area contributed by atoms with Gasteiger partial charge in [-0.1, -0.05) is 12.0 Å². The van der Waals surface area contributed by atoms with E-state index in [4.69, 9.17) is 0 Å². The molecule has 1 rings (SSSR count). The van der Waals surface area contributed by atoms with Gasteiger partial charge in [0.05, 0.1) is 6.04 Å². The lowest BCUT2D eigenvalue weighted by atomic mass is 10.1. The highest BCUT2D eigenvalue weighted by molar-refractivity contribution is 5.93. The minimum Gasteiger partial charge on any atom is -0.338 e. The summed E-state index contributed by atoms with van der Waals surface area (Å²) in [7, 11) is 4.02. The van der Waals surface area contributed by atoms with Crippen molar-refractivity contribution in [1.82, 2.24) is 15.2 Å². The lowest BCUT2D eigenvalue weighted by Crippen LogP contribution is -2.30. The van der Waals surface area contributed by atoms with Crippen LogP contribution in [0.4, 0.5) is 0 Å². The minimum atomic E-state index is -0.245. The van der Waals surface area contributed by atoms with E-state index in [0.29, 0.717) is 0 Å². The highest BCUT2D eigenvalue weighted by Crippen LogP contribution is 2.15. The minimum absolute atomic E-state index is 0.0468. The van der Waals surface area contributed by atoms with Crippen molar-refractivity contribution in [1.29, 1.82) is 0 Å². The smallest absolute Gasteiger partial charge is 0.296 e. The highest BCUT2D eigenvalue weighted by atomic mass is 16.1. The number of carbonyl (C=O) groups excluding carboxylic acids is 1. The van der Waals surface area contributed by atoms with Crippen LogP contribution in [-0.4, -0.2) is 36.4 Å². The van der Waals surface area contributed by atoms with Crippen molar-refractivity contribution in [3.8, 4) is 11.8 Å². The van der Waals surface area contributed by atoms with E-state index in [1.54, 1.807) is 19.3 Å². The first-order chi connectivity index (χ1) is 8.63. The molecule has 0 aliphatic rings. The number of aromatic nitrogens is 1. The molecule has 0 saturated carbocycles. The molecular formula is C14H19N3O. The third-order valence-corrected chi connectivity index (χ3v) is 2.50. The topological polar surface area (TPSA) is 45.2 Å². The van der Waals surface area contributed by atoms with E-state index in [1.807, 2.05) is 26.2 Å². The van der Waals surface area contributed by atoms with Crippen LogP contribution in [0.5, 0.6) is 0 Å². The summed E-state index contributed by atoms with van der Waals surface area (Å²) in [4.78, 5) is 17.7. The Morgan fingerprint density at radius 3 is 2.89 bits per heavy atom. The molecule has 0 aliphatic carbocycles. The molecule has 0 fully saturated rings. The van der Waals surface area contributed by atoms with Gasteiger partial charge in [-0.05, 0) is 51.5 Å². The maximum atomic E-state index is 11.6. The first kappa shape index (κ1) is 14.2. The SMILES string of the molecule is CC#CC(=O)NC(CCN(C)C)c1cccnc1. The van der Waals surface area contributed by atoms with Crippen LogP contribution in [0.15, 0.2) is 24.5 Å². The molecule has 1 aromatic rings. The molecule has 1 amide bonds. The summed E-state index contributed by atoms with van der Waals surface area (Å²) in [6.45, 7) is 2.54. The molecule has 0 radical (unpaired) electrons. The van der Waals surface area contributed by atoms with Gasteiger partial charge in [-0.15, -0.1) is 0 Å². The third kappa shape index (κ3) is 4.98. The van der Waals surface area contributed by atoms with Gasteiger partial charge in [0.25, 0.3) is 5.91 Å². The number of rotatable bonds is 5. The molecule has 1 heterocycles. The molecule has 18 heavy (non-hydrogen) atoms. The van der Waals surface area contributed by atoms with E-state index in [2.05, 4.69) is 27.0 Å². The van der Waals surface area contributed by atoms with E-state index < -0.39 is 0 Å². The van der Waals surface area contributed by atoms with E-state index in [1.165, 1.54) is 0 Å². The molecule has 1 aromatic heterocycles. The fourth-order valence-corrected chi connectivity index (χ4v) is 1.60. The Morgan fingerprint density at radius 1 is 1.56 bits per heavy atom. The normalized spacial score (nSPS) is 11.6. The number of amides is 1. The van der Waals surface area contributed by atoms with Crippen molar-refractivity contribution < 1.29 is 4.79 Å². The second-order valence-corrected chi connectivity index (χ2v) is 4.28. The summed E-state index contributed by atoms with van der Waals surface area (Å²) >= 11 is 0. The Hall–Kier alpha value is -1.86. The number of hydrogen-bond donors (Lipinski definition) is 1. The van der Waals surface area contributed by atoms with Crippen molar-refractivity contribution in [2.24, 2.45) is 0 Å². The average Bonchev–Trinajstić information content (AvgIpc) is 2.35. The van der Waals surface area contributed by atoms with E-state index in [-0.39, 0.29) is 11.9 Å². The van der Waals surface area contributed by atoms with Crippen LogP contribution in [-0.2, 0) is 4.79 Å². The summed E-state index contributed by atoms with van der Waals surface area (Å²) in [6, 6.07) is 3.79. The van der Waals surface area contributed by atoms with Gasteiger partial charge in [0, 0.05) is 12.4 Å². The van der Waals surface area contributed by atoms with Crippen LogP contribution in [0.3, 0.4) is 0 Å². The molecule has 0 bridgehead atoms. The number of hydrogen-bond acceptors (Lipinski definition) is 3. The quantitative estimate of drug-likeness (QED) is 0.793. The van der Waals surface area contributed by atoms with Crippen LogP contribution < -0.4 is 5.32 Å². The van der Waals surface area contributed by atoms with Gasteiger partial charge in [-0.2, -0.15) is 0 Å². The van der Waals surface area contributed by atoms with Crippen molar-refractivity contribution in [3.05, 3.63) is 30.1 Å². The molecule has 4 heteroatoms. The summed E-state index contributed by atoms with van der Waals surface area (Å²) in [6.07, 6.45) is 4.33. The molecule has 1 unspecified atom stereocenters. The molecule has 0 aromatic carbocycles. The molecule has 96 valence electrons. The van der Waals surface area contributed by atoms with E-state index in [9.17, 15) is 4.79 Å². The molecule has 1 atom stereocenters. The van der Waals surface area contributed by atoms with Gasteiger partial charge >= 0.3 is 0 Å². The first-order valence-corrected chi connectivity index (χ1v) is 5.91. The second-order valence-electron chi connectivity index (χ2n) is 4.28. The lowest BCUT2D eigenvalue weighted by molar-refractivity contribution is -0.116. The molecule has 0 saturated heterocycles. The largest absolute Gasteiger partial charge is 0.338 e. The van der Waals surface area contributed by atoms with Gasteiger partial charge in [0.1, 0.15) is 0 Å². The summed E-state index contributed by atoms with van der Waals surface area (Å²) in [5.74, 6) is 4.86. The van der Waals surface area contributed by atoms with E-state index >= 15 is 0 Å². The van der Waals surface area contributed by atoms with Gasteiger partial charge < -0.3 is 10.2 Å². The van der Waals surface area contributed by atoms with Crippen molar-refractivity contribution in [3.63, 3.8) is 0 Å². The first-order valence-electron chi connectivity index (χ1n) is 5.91. The van der Waals surface area contributed by atoms with Gasteiger partial charge in [0.15, 0.2) is 0 Å². The molecule has 1 N–H and O–H groups in total. The summed E-state index contributed by atoms with van der Waals surface area (Å²) in [5.41, 5.74) is 1.01. The number of carbonyl (C=O) groups is 1.